The van der Waals surface area contributed by atoms with Crippen molar-refractivity contribution >= 4 is 92.5 Å². The highest BCUT2D eigenvalue weighted by Gasteiger charge is 2.35. The van der Waals surface area contributed by atoms with E-state index >= 15 is 0 Å². The van der Waals surface area contributed by atoms with E-state index in [1.807, 2.05) is 107 Å². The van der Waals surface area contributed by atoms with Crippen LogP contribution in [0.25, 0.3) is 11.1 Å². The summed E-state index contributed by atoms with van der Waals surface area (Å²) in [6, 6.07) is 3.16. The number of nitrogens with zero attached hydrogens (tertiary/aromatic N) is 4. The fraction of sp³-hybridized carbons (Fsp3) is 0.381. The van der Waals surface area contributed by atoms with E-state index in [0.29, 0.717) is 33.4 Å². The first kappa shape index (κ1) is 43.9. The lowest BCUT2D eigenvalue weighted by molar-refractivity contribution is -0.114. The van der Waals surface area contributed by atoms with Gasteiger partial charge in [-0.05, 0) is 74.8 Å². The lowest BCUT2D eigenvalue weighted by atomic mass is 9.72. The first-order chi connectivity index (χ1) is 24.6. The zero-order chi connectivity index (χ0) is 40.9. The van der Waals surface area contributed by atoms with Gasteiger partial charge in [0.15, 0.2) is 11.6 Å². The normalized spacial score (nSPS) is 16.3. The summed E-state index contributed by atoms with van der Waals surface area (Å²) in [7, 11) is 0. The van der Waals surface area contributed by atoms with Crippen LogP contribution in [0, 0.1) is 21.7 Å². The van der Waals surface area contributed by atoms with Crippen LogP contribution in [-0.4, -0.2) is 11.6 Å². The van der Waals surface area contributed by atoms with Crippen molar-refractivity contribution < 1.29 is 9.59 Å². The lowest BCUT2D eigenvalue weighted by Crippen LogP contribution is -2.27. The van der Waals surface area contributed by atoms with Crippen LogP contribution in [-0.2, 0) is 9.59 Å². The molecule has 0 N–H and O–H groups in total. The molecular weight excluding hydrogens is 805 g/mol. The molecule has 0 heterocycles. The number of carbonyl (C=O) groups is 2. The summed E-state index contributed by atoms with van der Waals surface area (Å²) in [4.78, 5) is 26.6. The molecule has 286 valence electrons. The van der Waals surface area contributed by atoms with Gasteiger partial charge in [0.1, 0.15) is 11.4 Å². The molecule has 0 amide bonds. The van der Waals surface area contributed by atoms with Gasteiger partial charge in [0.2, 0.25) is 0 Å². The number of carbonyl (C=O) groups excluding carboxylic acids is 2. The van der Waals surface area contributed by atoms with Gasteiger partial charge >= 0.3 is 0 Å². The average molecular weight is 850 g/mol. The largest absolute Gasteiger partial charge is 0.289 e. The summed E-state index contributed by atoms with van der Waals surface area (Å²) >= 11 is 40.4. The van der Waals surface area contributed by atoms with Gasteiger partial charge in [-0.15, -0.1) is 10.2 Å². The number of ketones is 2. The summed E-state index contributed by atoms with van der Waals surface area (Å²) in [5.74, 6) is 0.0320. The molecule has 0 unspecified atom stereocenters. The molecule has 0 atom stereocenters. The first-order valence-corrected chi connectivity index (χ1v) is 19.5. The number of azo groups is 2. The molecule has 0 saturated carbocycles. The molecule has 12 heteroatoms. The monoisotopic (exact) mass is 846 g/mol. The second-order valence-corrected chi connectivity index (χ2v) is 19.7. The van der Waals surface area contributed by atoms with Crippen molar-refractivity contribution in [1.82, 2.24) is 0 Å². The molecular formula is C42H44Cl6N4O2. The maximum absolute atomic E-state index is 13.3. The molecule has 0 aromatic heterocycles. The number of benzene rings is 2. The first-order valence-electron chi connectivity index (χ1n) is 17.2. The van der Waals surface area contributed by atoms with Crippen molar-refractivity contribution in [3.8, 4) is 11.1 Å². The summed E-state index contributed by atoms with van der Waals surface area (Å²) < 4.78 is 0. The molecule has 2 aliphatic rings. The maximum Gasteiger partial charge on any atom is 0.186 e. The Bertz CT molecular complexity index is 2070. The minimum Gasteiger partial charge on any atom is -0.289 e. The van der Waals surface area contributed by atoms with E-state index in [2.05, 4.69) is 20.5 Å². The van der Waals surface area contributed by atoms with E-state index in [9.17, 15) is 9.59 Å². The van der Waals surface area contributed by atoms with Gasteiger partial charge in [0.05, 0.1) is 42.5 Å². The van der Waals surface area contributed by atoms with E-state index in [1.54, 1.807) is 18.3 Å². The summed E-state index contributed by atoms with van der Waals surface area (Å²) in [5, 5.41) is 17.6. The van der Waals surface area contributed by atoms with Crippen LogP contribution < -0.4 is 0 Å². The van der Waals surface area contributed by atoms with E-state index in [-0.39, 0.29) is 80.3 Å². The van der Waals surface area contributed by atoms with Crippen LogP contribution in [0.4, 0.5) is 11.4 Å². The van der Waals surface area contributed by atoms with Crippen molar-refractivity contribution in [3.05, 3.63) is 112 Å². The predicted octanol–water partition coefficient (Wildman–Crippen LogP) is 16.3. The van der Waals surface area contributed by atoms with Crippen LogP contribution in [0.15, 0.2) is 103 Å². The molecule has 0 fully saturated rings. The summed E-state index contributed by atoms with van der Waals surface area (Å²) in [5.41, 5.74) is 3.62. The van der Waals surface area contributed by atoms with Crippen molar-refractivity contribution in [3.63, 3.8) is 0 Å². The van der Waals surface area contributed by atoms with Crippen molar-refractivity contribution in [2.75, 3.05) is 0 Å². The Labute approximate surface area is 348 Å². The van der Waals surface area contributed by atoms with Gasteiger partial charge in [-0.2, -0.15) is 10.2 Å². The van der Waals surface area contributed by atoms with Crippen molar-refractivity contribution in [2.45, 2.75) is 83.1 Å². The smallest absolute Gasteiger partial charge is 0.186 e. The van der Waals surface area contributed by atoms with Crippen molar-refractivity contribution in [2.24, 2.45) is 42.1 Å². The number of allylic oxidation sites excluding steroid dienone is 10. The number of hydrogen-bond donors (Lipinski definition) is 0. The van der Waals surface area contributed by atoms with Gasteiger partial charge in [-0.3, -0.25) is 9.59 Å². The second kappa shape index (κ2) is 16.0. The molecule has 0 saturated heterocycles. The minimum atomic E-state index is -0.383. The number of halogens is 6. The summed E-state index contributed by atoms with van der Waals surface area (Å²) in [6.07, 6.45) is 10.4. The Morgan fingerprint density at radius 3 is 1.06 bits per heavy atom. The number of hydrogen-bond acceptors (Lipinski definition) is 6. The van der Waals surface area contributed by atoms with Gasteiger partial charge in [-0.1, -0.05) is 153 Å². The molecule has 54 heavy (non-hydrogen) atoms. The molecule has 0 radical (unpaired) electrons. The lowest BCUT2D eigenvalue weighted by Gasteiger charge is -2.31. The molecule has 0 spiro atoms. The Morgan fingerprint density at radius 2 is 0.759 bits per heavy atom. The molecule has 2 aromatic rings. The predicted molar refractivity (Wildman–Crippen MR) is 227 cm³/mol. The standard InChI is InChI=1S/C42H44Cl6N4O2/c1-39(2,3)24-13-21(14-25(37(24)53)40(4,5)6)19-49-51-35-28(43)17-23(18-29(35)44)30-31(45)33(47)36(34(48)32(30)46)52-50-20-22-15-26(41(7,8)9)38(54)27(16-22)42(10,11)12/h13-20H,1-12H3. The van der Waals surface area contributed by atoms with Crippen molar-refractivity contribution in [1.29, 1.82) is 0 Å². The Morgan fingerprint density at radius 1 is 0.463 bits per heavy atom. The van der Waals surface area contributed by atoms with Gasteiger partial charge in [0.25, 0.3) is 0 Å². The quantitative estimate of drug-likeness (QED) is 0.222. The minimum absolute atomic E-state index is 0.00965. The third kappa shape index (κ3) is 9.57. The fourth-order valence-corrected chi connectivity index (χ4v) is 7.45. The molecule has 2 aromatic carbocycles. The number of Topliss-reactive ketones (excluding diaryl/α,β-unsaturated/α-hetero) is 2. The van der Waals surface area contributed by atoms with Crippen LogP contribution >= 0.6 is 69.6 Å². The molecule has 0 bridgehead atoms. The topological polar surface area (TPSA) is 83.6 Å². The molecule has 2 aliphatic carbocycles. The van der Waals surface area contributed by atoms with Crippen LogP contribution in [0.2, 0.25) is 30.1 Å². The van der Waals surface area contributed by atoms with Gasteiger partial charge in [0, 0.05) is 27.9 Å². The Hall–Kier alpha value is -2.84. The van der Waals surface area contributed by atoms with E-state index in [0.717, 1.165) is 5.57 Å². The zero-order valence-corrected chi connectivity index (χ0v) is 37.0. The van der Waals surface area contributed by atoms with E-state index in [4.69, 9.17) is 69.6 Å². The van der Waals surface area contributed by atoms with Gasteiger partial charge < -0.3 is 0 Å². The second-order valence-electron chi connectivity index (χ2n) is 17.3. The van der Waals surface area contributed by atoms with Crippen LogP contribution in [0.1, 0.15) is 83.1 Å². The number of rotatable bonds is 5. The highest BCUT2D eigenvalue weighted by molar-refractivity contribution is 6.52. The highest BCUT2D eigenvalue weighted by atomic mass is 35.5. The SMILES string of the molecule is CC(C)(C)C1=CC(=CN=Nc2c(Cl)cc(-c3c(Cl)c(Cl)c(N=NC=C4C=C(C(C)(C)C)C(=O)C(C(C)(C)C)=C4)c(Cl)c3Cl)cc2Cl)C=C(C(C)(C)C)C1=O. The maximum atomic E-state index is 13.3. The van der Waals surface area contributed by atoms with E-state index in [1.165, 1.54) is 6.20 Å². The highest BCUT2D eigenvalue weighted by Crippen LogP contribution is 2.52. The Balaban J connectivity index is 1.71. The third-order valence-corrected chi connectivity index (χ3v) is 11.0. The average Bonchev–Trinajstić information content (AvgIpc) is 3.02. The van der Waals surface area contributed by atoms with Crippen LogP contribution in [0.3, 0.4) is 0 Å². The fourth-order valence-electron chi connectivity index (χ4n) is 5.75. The molecule has 4 rings (SSSR count). The van der Waals surface area contributed by atoms with Gasteiger partial charge in [-0.25, -0.2) is 0 Å². The summed E-state index contributed by atoms with van der Waals surface area (Å²) in [6.45, 7) is 23.9. The van der Waals surface area contributed by atoms with E-state index < -0.39 is 0 Å². The third-order valence-electron chi connectivity index (χ3n) is 8.73. The molecule has 0 aliphatic heterocycles. The van der Waals surface area contributed by atoms with Crippen LogP contribution in [0.5, 0.6) is 0 Å². The zero-order valence-electron chi connectivity index (χ0n) is 32.5. The molecule has 6 nitrogen and oxygen atoms in total. The Kier molecular flexibility index (Phi) is 13.0.